The Kier molecular flexibility index (Phi) is 7.34. The van der Waals surface area contributed by atoms with E-state index in [1.807, 2.05) is 0 Å². The Balaban J connectivity index is 1.52. The van der Waals surface area contributed by atoms with Gasteiger partial charge in [-0.1, -0.05) is 23.7 Å². The Labute approximate surface area is 235 Å². The molecule has 214 valence electrons. The Bertz CT molecular complexity index is 1710. The topological polar surface area (TPSA) is 136 Å². The van der Waals surface area contributed by atoms with E-state index in [4.69, 9.17) is 16.3 Å². The lowest BCUT2D eigenvalue weighted by Crippen LogP contribution is -2.34. The maximum atomic E-state index is 13.4. The number of fused-ring (bicyclic) bond motifs is 1. The number of pyridine rings is 1. The van der Waals surface area contributed by atoms with Gasteiger partial charge in [-0.15, -0.1) is 5.10 Å². The molecule has 11 nitrogen and oxygen atoms in total. The van der Waals surface area contributed by atoms with Gasteiger partial charge in [0, 0.05) is 40.5 Å². The molecule has 2 amide bonds. The van der Waals surface area contributed by atoms with Gasteiger partial charge in [0.1, 0.15) is 17.5 Å². The Morgan fingerprint density at radius 3 is 2.68 bits per heavy atom. The van der Waals surface area contributed by atoms with Gasteiger partial charge in [-0.3, -0.25) is 19.0 Å². The van der Waals surface area contributed by atoms with E-state index in [0.717, 1.165) is 10.9 Å². The Morgan fingerprint density at radius 2 is 2.00 bits per heavy atom. The summed E-state index contributed by atoms with van der Waals surface area (Å²) in [4.78, 5) is 41.6. The number of rotatable bonds is 7. The second-order valence-electron chi connectivity index (χ2n) is 9.18. The van der Waals surface area contributed by atoms with Crippen LogP contribution in [0.25, 0.3) is 16.8 Å². The fourth-order valence-corrected chi connectivity index (χ4v) is 4.89. The molecule has 0 aliphatic carbocycles. The minimum absolute atomic E-state index is 0.159. The largest absolute Gasteiger partial charge is 0.495 e. The van der Waals surface area contributed by atoms with Crippen molar-refractivity contribution in [2.45, 2.75) is 32.0 Å². The summed E-state index contributed by atoms with van der Waals surface area (Å²) in [5, 5.41) is 12.6. The van der Waals surface area contributed by atoms with Crippen molar-refractivity contribution < 1.29 is 27.5 Å². The van der Waals surface area contributed by atoms with Crippen LogP contribution in [0.4, 0.5) is 18.9 Å². The standard InChI is InChI=1S/C26H23ClF3N7O4/c1-3-18(24(39)33-17-10-32-23-14(17)6-7-31-25(23)40)36-11-20(41-2)16(9-22(36)38)15-8-13(27)4-5-19(15)37-12-21(34-35-37)26(28,29)30/h4-5,8-12,18,32H,3,6-7H2,1-2H3,(H,31,40)(H,33,39). The molecule has 15 heteroatoms. The molecule has 0 fully saturated rings. The van der Waals surface area contributed by atoms with Gasteiger partial charge in [-0.05, 0) is 31.0 Å². The predicted molar refractivity (Wildman–Crippen MR) is 142 cm³/mol. The first-order valence-electron chi connectivity index (χ1n) is 12.4. The van der Waals surface area contributed by atoms with Crippen LogP contribution in [0.1, 0.15) is 41.1 Å². The summed E-state index contributed by atoms with van der Waals surface area (Å²) in [6.45, 7) is 2.16. The summed E-state index contributed by atoms with van der Waals surface area (Å²) >= 11 is 6.21. The van der Waals surface area contributed by atoms with Crippen molar-refractivity contribution in [3.05, 3.63) is 75.2 Å². The smallest absolute Gasteiger partial charge is 0.436 e. The lowest BCUT2D eigenvalue weighted by atomic mass is 10.0. The van der Waals surface area contributed by atoms with Gasteiger partial charge in [0.25, 0.3) is 11.5 Å². The predicted octanol–water partition coefficient (Wildman–Crippen LogP) is 3.98. The molecule has 5 rings (SSSR count). The number of methoxy groups -OCH3 is 1. The number of nitrogens with zero attached hydrogens (tertiary/aromatic N) is 4. The first-order valence-corrected chi connectivity index (χ1v) is 12.8. The van der Waals surface area contributed by atoms with E-state index in [1.54, 1.807) is 6.92 Å². The molecule has 1 aliphatic rings. The summed E-state index contributed by atoms with van der Waals surface area (Å²) in [7, 11) is 1.35. The fraction of sp³-hybridized carbons (Fsp3) is 0.269. The van der Waals surface area contributed by atoms with E-state index in [1.165, 1.54) is 48.3 Å². The number of benzene rings is 1. The molecule has 1 aliphatic heterocycles. The van der Waals surface area contributed by atoms with Crippen LogP contribution in [0.3, 0.4) is 0 Å². The minimum atomic E-state index is -4.70. The van der Waals surface area contributed by atoms with Crippen molar-refractivity contribution in [1.82, 2.24) is 29.9 Å². The number of nitrogens with one attached hydrogen (secondary N) is 3. The zero-order chi connectivity index (χ0) is 29.5. The number of H-pyrrole nitrogens is 1. The number of hydrogen-bond donors (Lipinski definition) is 3. The molecule has 4 heterocycles. The maximum absolute atomic E-state index is 13.4. The molecule has 4 aromatic rings. The number of aromatic amines is 1. The summed E-state index contributed by atoms with van der Waals surface area (Å²) in [6, 6.07) is 4.63. The number of halogens is 4. The van der Waals surface area contributed by atoms with Crippen molar-refractivity contribution in [2.75, 3.05) is 19.0 Å². The summed E-state index contributed by atoms with van der Waals surface area (Å²) in [5.74, 6) is -0.592. The average Bonchev–Trinajstić information content (AvgIpc) is 3.59. The van der Waals surface area contributed by atoms with Crippen molar-refractivity contribution in [2.24, 2.45) is 0 Å². The number of amides is 2. The molecule has 1 unspecified atom stereocenters. The number of aromatic nitrogens is 5. The minimum Gasteiger partial charge on any atom is -0.495 e. The number of carbonyl (C=O) groups excluding carboxylic acids is 2. The summed E-state index contributed by atoms with van der Waals surface area (Å²) in [6.07, 6.45) is -0.326. The highest BCUT2D eigenvalue weighted by Crippen LogP contribution is 2.36. The van der Waals surface area contributed by atoms with E-state index >= 15 is 0 Å². The highest BCUT2D eigenvalue weighted by Gasteiger charge is 2.35. The number of alkyl halides is 3. The van der Waals surface area contributed by atoms with Crippen molar-refractivity contribution in [3.63, 3.8) is 0 Å². The molecule has 0 saturated carbocycles. The first-order chi connectivity index (χ1) is 19.5. The van der Waals surface area contributed by atoms with Gasteiger partial charge >= 0.3 is 6.18 Å². The zero-order valence-corrected chi connectivity index (χ0v) is 22.4. The van der Waals surface area contributed by atoms with Crippen LogP contribution in [0.15, 0.2) is 47.7 Å². The number of anilines is 1. The Morgan fingerprint density at radius 1 is 1.22 bits per heavy atom. The third-order valence-electron chi connectivity index (χ3n) is 6.70. The van der Waals surface area contributed by atoms with E-state index in [9.17, 15) is 27.6 Å². The van der Waals surface area contributed by atoms with Crippen LogP contribution in [0.5, 0.6) is 5.75 Å². The lowest BCUT2D eigenvalue weighted by Gasteiger charge is -2.21. The van der Waals surface area contributed by atoms with E-state index in [-0.39, 0.29) is 39.9 Å². The molecule has 1 atom stereocenters. The number of ether oxygens (including phenoxy) is 1. The molecule has 0 bridgehead atoms. The van der Waals surface area contributed by atoms with Crippen LogP contribution in [-0.4, -0.2) is 50.0 Å². The molecular weight excluding hydrogens is 567 g/mol. The van der Waals surface area contributed by atoms with Gasteiger partial charge in [-0.25, -0.2) is 4.68 Å². The van der Waals surface area contributed by atoms with Crippen LogP contribution in [-0.2, 0) is 17.4 Å². The highest BCUT2D eigenvalue weighted by atomic mass is 35.5. The van der Waals surface area contributed by atoms with Crippen molar-refractivity contribution >= 4 is 29.1 Å². The molecule has 0 spiro atoms. The normalized spacial score (nSPS) is 13.9. The SMILES string of the molecule is CCC(C(=O)Nc1c[nH]c2c1CCNC2=O)n1cc(OC)c(-c2cc(Cl)ccc2-n2cc(C(F)(F)F)nn2)cc1=O. The van der Waals surface area contributed by atoms with E-state index < -0.39 is 29.4 Å². The molecule has 0 radical (unpaired) electrons. The van der Waals surface area contributed by atoms with Crippen molar-refractivity contribution in [3.8, 4) is 22.6 Å². The van der Waals surface area contributed by atoms with Crippen LogP contribution >= 0.6 is 11.6 Å². The zero-order valence-electron chi connectivity index (χ0n) is 21.7. The second kappa shape index (κ2) is 10.8. The summed E-state index contributed by atoms with van der Waals surface area (Å²) < 4.78 is 47.2. The van der Waals surface area contributed by atoms with Crippen molar-refractivity contribution in [1.29, 1.82) is 0 Å². The molecule has 41 heavy (non-hydrogen) atoms. The Hall–Kier alpha value is -4.59. The van der Waals surface area contributed by atoms with Crippen LogP contribution in [0, 0.1) is 0 Å². The highest BCUT2D eigenvalue weighted by molar-refractivity contribution is 6.31. The van der Waals surface area contributed by atoms with Gasteiger partial charge in [-0.2, -0.15) is 13.2 Å². The van der Waals surface area contributed by atoms with Gasteiger partial charge < -0.3 is 20.4 Å². The average molecular weight is 590 g/mol. The van der Waals surface area contributed by atoms with E-state index in [2.05, 4.69) is 25.9 Å². The first kappa shape index (κ1) is 28.0. The second-order valence-corrected chi connectivity index (χ2v) is 9.62. The maximum Gasteiger partial charge on any atom is 0.436 e. The molecule has 3 N–H and O–H groups in total. The number of carbonyl (C=O) groups is 2. The third-order valence-corrected chi connectivity index (χ3v) is 6.94. The monoisotopic (exact) mass is 589 g/mol. The molecule has 0 saturated heterocycles. The quantitative estimate of drug-likeness (QED) is 0.298. The fourth-order valence-electron chi connectivity index (χ4n) is 4.72. The molecule has 1 aromatic carbocycles. The van der Waals surface area contributed by atoms with E-state index in [0.29, 0.717) is 29.9 Å². The lowest BCUT2D eigenvalue weighted by molar-refractivity contribution is -0.141. The molecular formula is C26H23ClF3N7O4. The number of hydrogen-bond acceptors (Lipinski definition) is 6. The van der Waals surface area contributed by atoms with Gasteiger partial charge in [0.15, 0.2) is 5.69 Å². The van der Waals surface area contributed by atoms with Gasteiger partial charge in [0.2, 0.25) is 5.91 Å². The molecule has 3 aromatic heterocycles. The van der Waals surface area contributed by atoms with Gasteiger partial charge in [0.05, 0.1) is 30.9 Å². The third kappa shape index (κ3) is 5.29. The summed E-state index contributed by atoms with van der Waals surface area (Å²) in [5.41, 5.74) is 0.370. The van der Waals surface area contributed by atoms with Crippen LogP contribution < -0.4 is 20.9 Å². The van der Waals surface area contributed by atoms with Crippen LogP contribution in [0.2, 0.25) is 5.02 Å².